The second-order valence-corrected chi connectivity index (χ2v) is 8.82. The summed E-state index contributed by atoms with van der Waals surface area (Å²) < 4.78 is 0. The van der Waals surface area contributed by atoms with E-state index in [1.54, 1.807) is 12.1 Å². The molecule has 3 heterocycles. The number of nitrogens with zero attached hydrogens (tertiary/aromatic N) is 1. The summed E-state index contributed by atoms with van der Waals surface area (Å²) in [5, 5.41) is 9.28. The Kier molecular flexibility index (Phi) is 5.78. The molecule has 3 N–H and O–H groups in total. The lowest BCUT2D eigenvalue weighted by molar-refractivity contribution is -0.136. The summed E-state index contributed by atoms with van der Waals surface area (Å²) in [6.07, 6.45) is 1.30. The van der Waals surface area contributed by atoms with Gasteiger partial charge >= 0.3 is 0 Å². The number of imide groups is 2. The highest BCUT2D eigenvalue weighted by atomic mass is 16.2. The number of carbonyl (C=O) groups is 4. The topological polar surface area (TPSA) is 108 Å². The number of piperidine rings is 2. The fourth-order valence-corrected chi connectivity index (χ4v) is 5.05. The smallest absolute Gasteiger partial charge is 0.262 e. The minimum absolute atomic E-state index is 0.108. The average Bonchev–Trinajstić information content (AvgIpc) is 3.08. The Morgan fingerprint density at radius 2 is 1.73 bits per heavy atom. The van der Waals surface area contributed by atoms with Crippen molar-refractivity contribution in [1.82, 2.24) is 20.9 Å². The molecule has 0 bridgehead atoms. The van der Waals surface area contributed by atoms with E-state index in [1.165, 1.54) is 5.56 Å². The fraction of sp³-hybridized carbons (Fsp3) is 0.360. The van der Waals surface area contributed by atoms with Crippen molar-refractivity contribution >= 4 is 23.6 Å². The molecule has 0 spiro atoms. The normalized spacial score (nSPS) is 25.2. The van der Waals surface area contributed by atoms with Gasteiger partial charge < -0.3 is 10.6 Å². The lowest BCUT2D eigenvalue weighted by Gasteiger charge is -2.33. The van der Waals surface area contributed by atoms with Crippen LogP contribution in [0.3, 0.4) is 0 Å². The highest BCUT2D eigenvalue weighted by molar-refractivity contribution is 6.23. The van der Waals surface area contributed by atoms with Crippen LogP contribution in [0.25, 0.3) is 0 Å². The highest BCUT2D eigenvalue weighted by Crippen LogP contribution is 2.29. The van der Waals surface area contributed by atoms with Gasteiger partial charge in [-0.3, -0.25) is 29.4 Å². The Balaban J connectivity index is 1.30. The molecular formula is C25H26N4O4. The van der Waals surface area contributed by atoms with Crippen LogP contribution in [0, 0.1) is 0 Å². The molecule has 0 aliphatic carbocycles. The number of carbonyl (C=O) groups excluding carboxylic acids is 4. The third kappa shape index (κ3) is 4.07. The lowest BCUT2D eigenvalue weighted by atomic mass is 9.86. The number of rotatable bonds is 5. The molecule has 4 amide bonds. The third-order valence-electron chi connectivity index (χ3n) is 6.78. The van der Waals surface area contributed by atoms with E-state index in [1.807, 2.05) is 12.1 Å². The molecule has 3 aliphatic rings. The van der Waals surface area contributed by atoms with E-state index in [2.05, 4.69) is 40.2 Å². The monoisotopic (exact) mass is 446 g/mol. The van der Waals surface area contributed by atoms with Crippen LogP contribution in [0.1, 0.15) is 57.0 Å². The molecule has 170 valence electrons. The molecule has 2 fully saturated rings. The van der Waals surface area contributed by atoms with Crippen molar-refractivity contribution in [3.63, 3.8) is 0 Å². The number of hydrogen-bond acceptors (Lipinski definition) is 6. The Morgan fingerprint density at radius 3 is 2.52 bits per heavy atom. The zero-order chi connectivity index (χ0) is 22.9. The molecular weight excluding hydrogens is 420 g/mol. The van der Waals surface area contributed by atoms with E-state index in [4.69, 9.17) is 0 Å². The van der Waals surface area contributed by atoms with E-state index in [0.717, 1.165) is 30.0 Å². The summed E-state index contributed by atoms with van der Waals surface area (Å²) in [6, 6.07) is 15.0. The molecule has 3 aliphatic heterocycles. The summed E-state index contributed by atoms with van der Waals surface area (Å²) in [5.74, 6) is -1.54. The van der Waals surface area contributed by atoms with Crippen molar-refractivity contribution in [1.29, 1.82) is 0 Å². The van der Waals surface area contributed by atoms with Gasteiger partial charge in [0.1, 0.15) is 6.04 Å². The van der Waals surface area contributed by atoms with Crippen LogP contribution in [0.5, 0.6) is 0 Å². The van der Waals surface area contributed by atoms with E-state index >= 15 is 0 Å². The first kappa shape index (κ1) is 21.5. The van der Waals surface area contributed by atoms with Crippen LogP contribution < -0.4 is 16.0 Å². The minimum Gasteiger partial charge on any atom is -0.315 e. The van der Waals surface area contributed by atoms with Gasteiger partial charge in [0, 0.05) is 31.5 Å². The van der Waals surface area contributed by atoms with Crippen molar-refractivity contribution in [2.75, 3.05) is 13.1 Å². The van der Waals surface area contributed by atoms with Gasteiger partial charge in [0.15, 0.2) is 0 Å². The standard InChI is InChI=1S/C25H26N4O4/c30-22-9-8-21(23(31)28-22)29-24(32)18-7-6-15(12-19(18)25(29)33)13-27-20-14-26-11-10-17(20)16-4-2-1-3-5-16/h1-7,12,17,20-21,26-27H,8-11,13-14H2,(H,28,30,31)/t17-,20-,21?/m1/s1. The van der Waals surface area contributed by atoms with Crippen LogP contribution in [0.15, 0.2) is 48.5 Å². The second-order valence-electron chi connectivity index (χ2n) is 8.82. The molecule has 8 nitrogen and oxygen atoms in total. The predicted octanol–water partition coefficient (Wildman–Crippen LogP) is 1.32. The maximum absolute atomic E-state index is 13.0. The Morgan fingerprint density at radius 1 is 0.939 bits per heavy atom. The van der Waals surface area contributed by atoms with Crippen molar-refractivity contribution in [2.24, 2.45) is 0 Å². The molecule has 33 heavy (non-hydrogen) atoms. The summed E-state index contributed by atoms with van der Waals surface area (Å²) in [6.45, 7) is 2.39. The SMILES string of the molecule is O=C1CCC(N2C(=O)c3ccc(CN[C@@H]4CNCC[C@@H]4c4ccccc4)cc3C2=O)C(=O)N1. The molecule has 8 heteroatoms. The zero-order valence-corrected chi connectivity index (χ0v) is 18.2. The highest BCUT2D eigenvalue weighted by Gasteiger charge is 2.44. The third-order valence-corrected chi connectivity index (χ3v) is 6.78. The fourth-order valence-electron chi connectivity index (χ4n) is 5.05. The molecule has 2 aromatic rings. The quantitative estimate of drug-likeness (QED) is 0.598. The number of hydrogen-bond donors (Lipinski definition) is 3. The van der Waals surface area contributed by atoms with E-state index in [9.17, 15) is 19.2 Å². The van der Waals surface area contributed by atoms with Crippen LogP contribution in [0.2, 0.25) is 0 Å². The largest absolute Gasteiger partial charge is 0.315 e. The average molecular weight is 447 g/mol. The number of benzene rings is 2. The Hall–Kier alpha value is -3.36. The van der Waals surface area contributed by atoms with Gasteiger partial charge in [0.25, 0.3) is 11.8 Å². The van der Waals surface area contributed by atoms with Gasteiger partial charge in [-0.1, -0.05) is 36.4 Å². The summed E-state index contributed by atoms with van der Waals surface area (Å²) in [5.41, 5.74) is 2.82. The van der Waals surface area contributed by atoms with Gasteiger partial charge in [0.2, 0.25) is 11.8 Å². The maximum Gasteiger partial charge on any atom is 0.262 e. The van der Waals surface area contributed by atoms with Gasteiger partial charge in [-0.25, -0.2) is 0 Å². The summed E-state index contributed by atoms with van der Waals surface area (Å²) in [4.78, 5) is 50.6. The number of fused-ring (bicyclic) bond motifs is 1. The molecule has 2 aromatic carbocycles. The van der Waals surface area contributed by atoms with Gasteiger partial charge in [-0.15, -0.1) is 0 Å². The first-order chi connectivity index (χ1) is 16.0. The first-order valence-corrected chi connectivity index (χ1v) is 11.4. The van der Waals surface area contributed by atoms with Crippen LogP contribution in [-0.4, -0.2) is 53.7 Å². The lowest BCUT2D eigenvalue weighted by Crippen LogP contribution is -2.54. The van der Waals surface area contributed by atoms with Crippen molar-refractivity contribution in [3.8, 4) is 0 Å². The molecule has 5 rings (SSSR count). The molecule has 0 saturated carbocycles. The van der Waals surface area contributed by atoms with Crippen molar-refractivity contribution in [3.05, 3.63) is 70.8 Å². The molecule has 2 saturated heterocycles. The van der Waals surface area contributed by atoms with Crippen LogP contribution >= 0.6 is 0 Å². The summed E-state index contributed by atoms with van der Waals surface area (Å²) in [7, 11) is 0. The van der Waals surface area contributed by atoms with E-state index < -0.39 is 23.8 Å². The van der Waals surface area contributed by atoms with Crippen LogP contribution in [-0.2, 0) is 16.1 Å². The molecule has 3 atom stereocenters. The Labute approximate surface area is 191 Å². The van der Waals surface area contributed by atoms with E-state index in [-0.39, 0.29) is 24.8 Å². The maximum atomic E-state index is 13.0. The first-order valence-electron chi connectivity index (χ1n) is 11.4. The molecule has 1 unspecified atom stereocenters. The summed E-state index contributed by atoms with van der Waals surface area (Å²) >= 11 is 0. The molecule has 0 radical (unpaired) electrons. The van der Waals surface area contributed by atoms with Crippen molar-refractivity contribution < 1.29 is 19.2 Å². The van der Waals surface area contributed by atoms with E-state index in [0.29, 0.717) is 23.6 Å². The van der Waals surface area contributed by atoms with Gasteiger partial charge in [-0.2, -0.15) is 0 Å². The Bertz CT molecular complexity index is 1120. The van der Waals surface area contributed by atoms with Crippen molar-refractivity contribution in [2.45, 2.75) is 43.8 Å². The molecule has 0 aromatic heterocycles. The number of amides is 4. The second kappa shape index (κ2) is 8.88. The zero-order valence-electron chi connectivity index (χ0n) is 18.2. The van der Waals surface area contributed by atoms with Crippen LogP contribution in [0.4, 0.5) is 0 Å². The predicted molar refractivity (Wildman–Crippen MR) is 120 cm³/mol. The van der Waals surface area contributed by atoms with Gasteiger partial charge in [-0.05, 0) is 42.6 Å². The van der Waals surface area contributed by atoms with Gasteiger partial charge in [0.05, 0.1) is 11.1 Å². The number of nitrogens with one attached hydrogen (secondary N) is 3. The minimum atomic E-state index is -0.948.